The van der Waals surface area contributed by atoms with E-state index in [1.54, 1.807) is 12.4 Å². The second-order valence-electron chi connectivity index (χ2n) is 7.75. The van der Waals surface area contributed by atoms with Crippen LogP contribution in [-0.4, -0.2) is 40.4 Å². The average molecular weight is 412 g/mol. The van der Waals surface area contributed by atoms with Gasteiger partial charge in [0.1, 0.15) is 11.9 Å². The number of carbonyl (C=O) groups is 1. The van der Waals surface area contributed by atoms with E-state index in [9.17, 15) is 4.79 Å². The largest absolute Gasteiger partial charge is 0.484 e. The molecule has 1 aromatic heterocycles. The third-order valence-corrected chi connectivity index (χ3v) is 5.63. The maximum absolute atomic E-state index is 12.6. The van der Waals surface area contributed by atoms with Gasteiger partial charge in [0.05, 0.1) is 17.4 Å². The van der Waals surface area contributed by atoms with Gasteiger partial charge in [0.15, 0.2) is 0 Å². The lowest BCUT2D eigenvalue weighted by Gasteiger charge is -2.24. The fraction of sp³-hybridized carbons (Fsp3) is 0.200. The van der Waals surface area contributed by atoms with E-state index in [2.05, 4.69) is 38.4 Å². The van der Waals surface area contributed by atoms with E-state index in [4.69, 9.17) is 4.74 Å². The predicted octanol–water partition coefficient (Wildman–Crippen LogP) is 3.93. The molecule has 1 atom stereocenters. The Kier molecular flexibility index (Phi) is 5.37. The van der Waals surface area contributed by atoms with E-state index >= 15 is 0 Å². The Balaban J connectivity index is 1.27. The number of carbonyl (C=O) groups excluding carboxylic acids is 1. The summed E-state index contributed by atoms with van der Waals surface area (Å²) in [5, 5.41) is 3.05. The second kappa shape index (κ2) is 8.62. The van der Waals surface area contributed by atoms with Crippen molar-refractivity contribution in [2.75, 3.05) is 19.6 Å². The maximum atomic E-state index is 12.6. The highest BCUT2D eigenvalue weighted by molar-refractivity contribution is 5.97. The molecule has 0 radical (unpaired) electrons. The van der Waals surface area contributed by atoms with E-state index in [1.807, 2.05) is 48.5 Å². The van der Waals surface area contributed by atoms with Gasteiger partial charge in [-0.2, -0.15) is 0 Å². The van der Waals surface area contributed by atoms with Crippen LogP contribution in [0.1, 0.15) is 27.6 Å². The number of fused-ring (bicyclic) bond motifs is 2. The van der Waals surface area contributed by atoms with Gasteiger partial charge in [-0.05, 0) is 29.8 Å². The SMILES string of the molecule is O=C(NCCN1Cc2ccccc2OC(c2ccccc2)C1)c1ccc2nc[nH]c2c1. The van der Waals surface area contributed by atoms with Gasteiger partial charge in [0, 0.05) is 37.3 Å². The van der Waals surface area contributed by atoms with Crippen molar-refractivity contribution in [1.82, 2.24) is 20.2 Å². The molecule has 1 amide bonds. The second-order valence-corrected chi connectivity index (χ2v) is 7.75. The summed E-state index contributed by atoms with van der Waals surface area (Å²) in [7, 11) is 0. The van der Waals surface area contributed by atoms with Crippen LogP contribution < -0.4 is 10.1 Å². The van der Waals surface area contributed by atoms with Crippen molar-refractivity contribution in [2.24, 2.45) is 0 Å². The molecule has 2 heterocycles. The number of aromatic amines is 1. The molecule has 0 bridgehead atoms. The zero-order valence-corrected chi connectivity index (χ0v) is 17.1. The molecule has 0 aliphatic carbocycles. The quantitative estimate of drug-likeness (QED) is 0.521. The number of H-pyrrole nitrogens is 1. The molecule has 0 saturated carbocycles. The van der Waals surface area contributed by atoms with Gasteiger partial charge in [-0.15, -0.1) is 0 Å². The minimum absolute atomic E-state index is 0.0525. The lowest BCUT2D eigenvalue weighted by Crippen LogP contribution is -2.36. The van der Waals surface area contributed by atoms with E-state index in [-0.39, 0.29) is 12.0 Å². The number of hydrogen-bond acceptors (Lipinski definition) is 4. The Hall–Kier alpha value is -3.64. The highest BCUT2D eigenvalue weighted by Crippen LogP contribution is 2.30. The molecule has 3 aromatic carbocycles. The van der Waals surface area contributed by atoms with Crippen molar-refractivity contribution < 1.29 is 9.53 Å². The third kappa shape index (κ3) is 4.29. The first-order valence-electron chi connectivity index (χ1n) is 10.5. The van der Waals surface area contributed by atoms with Gasteiger partial charge in [0.25, 0.3) is 5.91 Å². The van der Waals surface area contributed by atoms with Crippen molar-refractivity contribution in [1.29, 1.82) is 0 Å². The van der Waals surface area contributed by atoms with Crippen LogP contribution >= 0.6 is 0 Å². The van der Waals surface area contributed by atoms with Gasteiger partial charge < -0.3 is 15.0 Å². The lowest BCUT2D eigenvalue weighted by molar-refractivity contribution is 0.0943. The highest BCUT2D eigenvalue weighted by atomic mass is 16.5. The molecule has 0 saturated heterocycles. The molecule has 1 aliphatic rings. The zero-order chi connectivity index (χ0) is 21.0. The summed E-state index contributed by atoms with van der Waals surface area (Å²) in [5.41, 5.74) is 4.66. The fourth-order valence-electron chi connectivity index (χ4n) is 4.00. The fourth-order valence-corrected chi connectivity index (χ4v) is 4.00. The van der Waals surface area contributed by atoms with Crippen LogP contribution in [0.5, 0.6) is 5.75 Å². The summed E-state index contributed by atoms with van der Waals surface area (Å²) < 4.78 is 6.36. The van der Waals surface area contributed by atoms with Crippen LogP contribution in [0.3, 0.4) is 0 Å². The number of ether oxygens (including phenoxy) is 1. The minimum Gasteiger partial charge on any atom is -0.484 e. The minimum atomic E-state index is -0.0809. The topological polar surface area (TPSA) is 70.2 Å². The number of aromatic nitrogens is 2. The van der Waals surface area contributed by atoms with Crippen LogP contribution in [0.25, 0.3) is 11.0 Å². The molecule has 0 spiro atoms. The molecule has 1 aliphatic heterocycles. The molecule has 6 heteroatoms. The molecule has 156 valence electrons. The molecular weight excluding hydrogens is 388 g/mol. The maximum Gasteiger partial charge on any atom is 0.251 e. The van der Waals surface area contributed by atoms with Gasteiger partial charge in [-0.1, -0.05) is 48.5 Å². The van der Waals surface area contributed by atoms with E-state index in [1.165, 1.54) is 0 Å². The summed E-state index contributed by atoms with van der Waals surface area (Å²) in [4.78, 5) is 22.2. The number of hydrogen-bond donors (Lipinski definition) is 2. The summed E-state index contributed by atoms with van der Waals surface area (Å²) in [6, 6.07) is 24.0. The zero-order valence-electron chi connectivity index (χ0n) is 17.1. The number of imidazole rings is 1. The van der Waals surface area contributed by atoms with Crippen LogP contribution in [0.2, 0.25) is 0 Å². The van der Waals surface area contributed by atoms with E-state index in [0.717, 1.165) is 47.5 Å². The van der Waals surface area contributed by atoms with Crippen molar-refractivity contribution in [3.63, 3.8) is 0 Å². The standard InChI is InChI=1S/C25H24N4O2/c30-25(19-10-11-21-22(14-19)28-17-27-21)26-12-13-29-15-20-8-4-5-9-23(20)31-24(16-29)18-6-2-1-3-7-18/h1-11,14,17,24H,12-13,15-16H2,(H,26,30)(H,27,28). The monoisotopic (exact) mass is 412 g/mol. The smallest absolute Gasteiger partial charge is 0.251 e. The van der Waals surface area contributed by atoms with Crippen LogP contribution in [0.15, 0.2) is 79.1 Å². The van der Waals surface area contributed by atoms with E-state index < -0.39 is 0 Å². The normalized spacial score (nSPS) is 16.3. The number of nitrogens with zero attached hydrogens (tertiary/aromatic N) is 2. The molecule has 0 fully saturated rings. The summed E-state index contributed by atoms with van der Waals surface area (Å²) in [6.45, 7) is 2.84. The first-order valence-corrected chi connectivity index (χ1v) is 10.5. The van der Waals surface area contributed by atoms with Crippen molar-refractivity contribution in [3.8, 4) is 5.75 Å². The Morgan fingerprint density at radius 3 is 2.84 bits per heavy atom. The van der Waals surface area contributed by atoms with Gasteiger partial charge >= 0.3 is 0 Å². The highest BCUT2D eigenvalue weighted by Gasteiger charge is 2.24. The number of amides is 1. The Morgan fingerprint density at radius 1 is 1.10 bits per heavy atom. The summed E-state index contributed by atoms with van der Waals surface area (Å²) >= 11 is 0. The molecule has 5 rings (SSSR count). The number of rotatable bonds is 5. The Labute approximate surface area is 180 Å². The molecule has 4 aromatic rings. The first kappa shape index (κ1) is 19.3. The average Bonchev–Trinajstić information content (AvgIpc) is 3.19. The Bertz CT molecular complexity index is 1190. The van der Waals surface area contributed by atoms with Gasteiger partial charge in [0.2, 0.25) is 0 Å². The molecule has 6 nitrogen and oxygen atoms in total. The third-order valence-electron chi connectivity index (χ3n) is 5.63. The van der Waals surface area contributed by atoms with Crippen molar-refractivity contribution in [2.45, 2.75) is 12.6 Å². The molecule has 31 heavy (non-hydrogen) atoms. The number of para-hydroxylation sites is 1. The van der Waals surface area contributed by atoms with E-state index in [0.29, 0.717) is 12.1 Å². The Morgan fingerprint density at radius 2 is 1.94 bits per heavy atom. The summed E-state index contributed by atoms with van der Waals surface area (Å²) in [5.74, 6) is 0.846. The van der Waals surface area contributed by atoms with Gasteiger partial charge in [-0.3, -0.25) is 9.69 Å². The predicted molar refractivity (Wildman–Crippen MR) is 120 cm³/mol. The lowest BCUT2D eigenvalue weighted by atomic mass is 10.1. The summed E-state index contributed by atoms with van der Waals surface area (Å²) in [6.07, 6.45) is 1.58. The van der Waals surface area contributed by atoms with Crippen molar-refractivity contribution in [3.05, 3.63) is 95.8 Å². The van der Waals surface area contributed by atoms with Crippen LogP contribution in [-0.2, 0) is 6.54 Å². The van der Waals surface area contributed by atoms with Crippen molar-refractivity contribution >= 4 is 16.9 Å². The number of benzene rings is 3. The molecule has 1 unspecified atom stereocenters. The van der Waals surface area contributed by atoms with Gasteiger partial charge in [-0.25, -0.2) is 4.98 Å². The number of nitrogens with one attached hydrogen (secondary N) is 2. The molecular formula is C25H24N4O2. The van der Waals surface area contributed by atoms with Crippen LogP contribution in [0.4, 0.5) is 0 Å². The molecule has 2 N–H and O–H groups in total. The first-order chi connectivity index (χ1) is 15.3. The van der Waals surface area contributed by atoms with Crippen LogP contribution in [0, 0.1) is 0 Å².